The highest BCUT2D eigenvalue weighted by Gasteiger charge is 2.33. The molecule has 0 aliphatic rings. The maximum atomic E-state index is 12.7. The standard InChI is InChI=1S/C13H6Cl2F3N3/c14-8-2-1-3-9(11(8)15)20-12-7(6-19)4-5-10(21-12)13(16,17)18/h1-5H,(H,20,21). The molecule has 1 N–H and O–H groups in total. The Labute approximate surface area is 127 Å². The van der Waals surface area contributed by atoms with E-state index >= 15 is 0 Å². The van der Waals surface area contributed by atoms with Crippen LogP contribution in [0, 0.1) is 11.3 Å². The van der Waals surface area contributed by atoms with Gasteiger partial charge in [0.1, 0.15) is 17.6 Å². The van der Waals surface area contributed by atoms with Crippen molar-refractivity contribution < 1.29 is 13.2 Å². The first-order chi connectivity index (χ1) is 9.82. The summed E-state index contributed by atoms with van der Waals surface area (Å²) < 4.78 is 38.0. The van der Waals surface area contributed by atoms with E-state index in [1.165, 1.54) is 12.1 Å². The van der Waals surface area contributed by atoms with E-state index in [1.807, 2.05) is 0 Å². The summed E-state index contributed by atoms with van der Waals surface area (Å²) in [6, 6.07) is 8.14. The molecule has 0 amide bonds. The van der Waals surface area contributed by atoms with Gasteiger partial charge in [-0.15, -0.1) is 0 Å². The van der Waals surface area contributed by atoms with Crippen LogP contribution in [0.2, 0.25) is 10.0 Å². The van der Waals surface area contributed by atoms with Gasteiger partial charge in [-0.25, -0.2) is 4.98 Å². The van der Waals surface area contributed by atoms with E-state index < -0.39 is 11.9 Å². The molecule has 0 radical (unpaired) electrons. The molecule has 108 valence electrons. The van der Waals surface area contributed by atoms with Gasteiger partial charge < -0.3 is 5.32 Å². The number of nitriles is 1. The van der Waals surface area contributed by atoms with E-state index in [1.54, 1.807) is 12.1 Å². The molecule has 0 bridgehead atoms. The van der Waals surface area contributed by atoms with E-state index in [0.29, 0.717) is 0 Å². The number of anilines is 2. The lowest BCUT2D eigenvalue weighted by molar-refractivity contribution is -0.141. The molecule has 21 heavy (non-hydrogen) atoms. The molecule has 0 unspecified atom stereocenters. The molecule has 1 aromatic heterocycles. The van der Waals surface area contributed by atoms with E-state index in [-0.39, 0.29) is 27.1 Å². The van der Waals surface area contributed by atoms with Crippen LogP contribution in [0.3, 0.4) is 0 Å². The Bertz CT molecular complexity index is 724. The molecule has 8 heteroatoms. The number of hydrogen-bond donors (Lipinski definition) is 1. The highest BCUT2D eigenvalue weighted by Crippen LogP contribution is 2.34. The molecule has 2 aromatic rings. The molecular weight excluding hydrogens is 326 g/mol. The van der Waals surface area contributed by atoms with Crippen molar-refractivity contribution in [3.05, 3.63) is 51.6 Å². The van der Waals surface area contributed by atoms with Crippen LogP contribution in [0.15, 0.2) is 30.3 Å². The fraction of sp³-hybridized carbons (Fsp3) is 0.0769. The number of hydrogen-bond acceptors (Lipinski definition) is 3. The summed E-state index contributed by atoms with van der Waals surface area (Å²) in [6.07, 6.45) is -4.61. The van der Waals surface area contributed by atoms with E-state index in [4.69, 9.17) is 28.5 Å². The smallest absolute Gasteiger partial charge is 0.338 e. The number of rotatable bonds is 2. The van der Waals surface area contributed by atoms with Gasteiger partial charge in [0, 0.05) is 0 Å². The van der Waals surface area contributed by atoms with Crippen molar-refractivity contribution in [2.45, 2.75) is 6.18 Å². The number of aromatic nitrogens is 1. The minimum absolute atomic E-state index is 0.0426. The van der Waals surface area contributed by atoms with Gasteiger partial charge in [0.2, 0.25) is 0 Å². The van der Waals surface area contributed by atoms with Crippen LogP contribution in [-0.2, 0) is 6.18 Å². The maximum Gasteiger partial charge on any atom is 0.433 e. The van der Waals surface area contributed by atoms with Gasteiger partial charge in [-0.1, -0.05) is 29.3 Å². The summed E-state index contributed by atoms with van der Waals surface area (Å²) in [5.74, 6) is -0.239. The Kier molecular flexibility index (Phi) is 4.26. The molecule has 0 aliphatic carbocycles. The van der Waals surface area contributed by atoms with E-state index in [2.05, 4.69) is 10.3 Å². The lowest BCUT2D eigenvalue weighted by atomic mass is 10.2. The first-order valence-corrected chi connectivity index (χ1v) is 6.28. The average molecular weight is 332 g/mol. The lowest BCUT2D eigenvalue weighted by Gasteiger charge is -2.12. The fourth-order valence-electron chi connectivity index (χ4n) is 1.53. The quantitative estimate of drug-likeness (QED) is 0.840. The highest BCUT2D eigenvalue weighted by molar-refractivity contribution is 6.43. The number of halogens is 5. The largest absolute Gasteiger partial charge is 0.433 e. The molecule has 0 saturated carbocycles. The number of nitrogens with one attached hydrogen (secondary N) is 1. The molecule has 0 atom stereocenters. The second kappa shape index (κ2) is 5.80. The number of benzene rings is 1. The third-order valence-electron chi connectivity index (χ3n) is 2.51. The minimum Gasteiger partial charge on any atom is -0.338 e. The first-order valence-electron chi connectivity index (χ1n) is 5.52. The van der Waals surface area contributed by atoms with Gasteiger partial charge in [0.25, 0.3) is 0 Å². The van der Waals surface area contributed by atoms with E-state index in [0.717, 1.165) is 12.1 Å². The Balaban J connectivity index is 2.48. The predicted octanol–water partition coefficient (Wildman–Crippen LogP) is 5.02. The van der Waals surface area contributed by atoms with Gasteiger partial charge in [0.15, 0.2) is 0 Å². The van der Waals surface area contributed by atoms with Gasteiger partial charge in [-0.3, -0.25) is 0 Å². The summed E-state index contributed by atoms with van der Waals surface area (Å²) in [6.45, 7) is 0. The molecule has 0 fully saturated rings. The summed E-state index contributed by atoms with van der Waals surface area (Å²) in [7, 11) is 0. The predicted molar refractivity (Wildman–Crippen MR) is 73.7 cm³/mol. The molecule has 0 aliphatic heterocycles. The third-order valence-corrected chi connectivity index (χ3v) is 3.33. The van der Waals surface area contributed by atoms with Crippen LogP contribution >= 0.6 is 23.2 Å². The van der Waals surface area contributed by atoms with Crippen LogP contribution in [0.4, 0.5) is 24.7 Å². The van der Waals surface area contributed by atoms with E-state index in [9.17, 15) is 13.2 Å². The second-order valence-electron chi connectivity index (χ2n) is 3.93. The van der Waals surface area contributed by atoms with Crippen LogP contribution in [0.5, 0.6) is 0 Å². The average Bonchev–Trinajstić information content (AvgIpc) is 2.43. The Morgan fingerprint density at radius 2 is 1.86 bits per heavy atom. The molecule has 2 rings (SSSR count). The van der Waals surface area contributed by atoms with Crippen molar-refractivity contribution in [1.82, 2.24) is 4.98 Å². The van der Waals surface area contributed by atoms with Crippen LogP contribution < -0.4 is 5.32 Å². The summed E-state index contributed by atoms with van der Waals surface area (Å²) in [5, 5.41) is 11.9. The second-order valence-corrected chi connectivity index (χ2v) is 4.71. The summed E-state index contributed by atoms with van der Waals surface area (Å²) in [5.41, 5.74) is -0.895. The van der Waals surface area contributed by atoms with Crippen LogP contribution in [0.25, 0.3) is 0 Å². The van der Waals surface area contributed by atoms with Crippen LogP contribution in [0.1, 0.15) is 11.3 Å². The topological polar surface area (TPSA) is 48.7 Å². The molecule has 1 aromatic carbocycles. The van der Waals surface area contributed by atoms with Gasteiger partial charge >= 0.3 is 6.18 Å². The molecule has 1 heterocycles. The zero-order valence-electron chi connectivity index (χ0n) is 10.2. The van der Waals surface area contributed by atoms with Crippen molar-refractivity contribution in [3.8, 4) is 6.07 Å². The Morgan fingerprint density at radius 3 is 2.48 bits per heavy atom. The summed E-state index contributed by atoms with van der Waals surface area (Å²) in [4.78, 5) is 3.42. The lowest BCUT2D eigenvalue weighted by Crippen LogP contribution is -2.10. The van der Waals surface area contributed by atoms with Gasteiger partial charge in [0.05, 0.1) is 21.3 Å². The van der Waals surface area contributed by atoms with Crippen LogP contribution in [-0.4, -0.2) is 4.98 Å². The fourth-order valence-corrected chi connectivity index (χ4v) is 1.88. The number of alkyl halides is 3. The molecular formula is C13H6Cl2F3N3. The van der Waals surface area contributed by atoms with Gasteiger partial charge in [-0.05, 0) is 24.3 Å². The molecule has 3 nitrogen and oxygen atoms in total. The van der Waals surface area contributed by atoms with Crippen molar-refractivity contribution >= 4 is 34.7 Å². The normalized spacial score (nSPS) is 11.0. The minimum atomic E-state index is -4.61. The summed E-state index contributed by atoms with van der Waals surface area (Å²) >= 11 is 11.8. The van der Waals surface area contributed by atoms with Crippen molar-refractivity contribution in [2.75, 3.05) is 5.32 Å². The van der Waals surface area contributed by atoms with Crippen molar-refractivity contribution in [2.24, 2.45) is 0 Å². The molecule has 0 saturated heterocycles. The maximum absolute atomic E-state index is 12.7. The Hall–Kier alpha value is -1.97. The first kappa shape index (κ1) is 15.4. The van der Waals surface area contributed by atoms with Crippen molar-refractivity contribution in [3.63, 3.8) is 0 Å². The number of nitrogens with zero attached hydrogens (tertiary/aromatic N) is 2. The third kappa shape index (κ3) is 3.38. The van der Waals surface area contributed by atoms with Crippen molar-refractivity contribution in [1.29, 1.82) is 5.26 Å². The zero-order chi connectivity index (χ0) is 15.6. The SMILES string of the molecule is N#Cc1ccc(C(F)(F)F)nc1Nc1cccc(Cl)c1Cl. The highest BCUT2D eigenvalue weighted by atomic mass is 35.5. The Morgan fingerprint density at radius 1 is 1.14 bits per heavy atom. The zero-order valence-corrected chi connectivity index (χ0v) is 11.7. The number of pyridine rings is 1. The molecule has 0 spiro atoms. The monoisotopic (exact) mass is 331 g/mol. The van der Waals surface area contributed by atoms with Gasteiger partial charge in [-0.2, -0.15) is 18.4 Å².